The molecule has 0 aromatic rings. The van der Waals surface area contributed by atoms with Crippen molar-refractivity contribution >= 4 is 14.3 Å². The molecule has 0 radical (unpaired) electrons. The summed E-state index contributed by atoms with van der Waals surface area (Å²) in [5, 5.41) is 0. The molecule has 2 nitrogen and oxygen atoms in total. The van der Waals surface area contributed by atoms with E-state index in [1.807, 2.05) is 19.6 Å². The Kier molecular flexibility index (Phi) is 18.1. The van der Waals surface area contributed by atoms with Crippen LogP contribution in [0.2, 0.25) is 19.6 Å². The van der Waals surface area contributed by atoms with E-state index in [1.54, 1.807) is 0 Å². The van der Waals surface area contributed by atoms with Crippen molar-refractivity contribution in [3.05, 3.63) is 48.6 Å². The second-order valence-corrected chi connectivity index (χ2v) is 12.7. The molecule has 0 aliphatic heterocycles. The van der Waals surface area contributed by atoms with Crippen LogP contribution in [0, 0.1) is 0 Å². The number of allylic oxidation sites excluding steroid dienone is 8. The van der Waals surface area contributed by atoms with E-state index in [0.29, 0.717) is 6.42 Å². The van der Waals surface area contributed by atoms with Crippen molar-refractivity contribution in [3.8, 4) is 0 Å². The average molecular weight is 405 g/mol. The minimum Gasteiger partial charge on any atom is -0.520 e. The van der Waals surface area contributed by atoms with Gasteiger partial charge in [-0.05, 0) is 71.0 Å². The van der Waals surface area contributed by atoms with E-state index in [2.05, 4.69) is 55.5 Å². The first-order valence-electron chi connectivity index (χ1n) is 11.3. The Bertz CT molecular complexity index is 481. The van der Waals surface area contributed by atoms with Gasteiger partial charge in [-0.2, -0.15) is 0 Å². The lowest BCUT2D eigenvalue weighted by atomic mass is 10.1. The molecule has 0 aliphatic carbocycles. The van der Waals surface area contributed by atoms with Crippen molar-refractivity contribution in [2.24, 2.45) is 0 Å². The van der Waals surface area contributed by atoms with Gasteiger partial charge in [-0.15, -0.1) is 0 Å². The van der Waals surface area contributed by atoms with Gasteiger partial charge in [0.1, 0.15) is 0 Å². The van der Waals surface area contributed by atoms with Crippen LogP contribution in [0.3, 0.4) is 0 Å². The highest BCUT2D eigenvalue weighted by Gasteiger charge is 2.19. The molecule has 0 N–H and O–H groups in total. The van der Waals surface area contributed by atoms with E-state index < -0.39 is 8.32 Å². The highest BCUT2D eigenvalue weighted by Crippen LogP contribution is 2.09. The fourth-order valence-electron chi connectivity index (χ4n) is 2.66. The van der Waals surface area contributed by atoms with E-state index in [1.165, 1.54) is 25.7 Å². The molecule has 0 aromatic heterocycles. The molecule has 0 aromatic carbocycles. The van der Waals surface area contributed by atoms with Crippen LogP contribution in [-0.4, -0.2) is 14.3 Å². The van der Waals surface area contributed by atoms with E-state index in [4.69, 9.17) is 4.43 Å². The Morgan fingerprint density at radius 1 is 0.679 bits per heavy atom. The molecule has 0 amide bonds. The number of unbranched alkanes of at least 4 members (excludes halogenated alkanes) is 6. The number of carbonyl (C=O) groups excluding carboxylic acids is 1. The van der Waals surface area contributed by atoms with E-state index in [-0.39, 0.29) is 5.97 Å². The van der Waals surface area contributed by atoms with Gasteiger partial charge in [-0.25, -0.2) is 0 Å². The van der Waals surface area contributed by atoms with Gasteiger partial charge >= 0.3 is 0 Å². The second-order valence-electron chi connectivity index (χ2n) is 8.27. The molecule has 0 bridgehead atoms. The van der Waals surface area contributed by atoms with Crippen LogP contribution in [0.5, 0.6) is 0 Å². The summed E-state index contributed by atoms with van der Waals surface area (Å²) in [5.74, 6) is -0.0168. The molecular formula is C25H44O2Si. The minimum absolute atomic E-state index is 0.0168. The fraction of sp³-hybridized carbons (Fsp3) is 0.640. The molecule has 0 fully saturated rings. The lowest BCUT2D eigenvalue weighted by Crippen LogP contribution is -2.28. The zero-order chi connectivity index (χ0) is 20.9. The summed E-state index contributed by atoms with van der Waals surface area (Å²) in [4.78, 5) is 11.6. The van der Waals surface area contributed by atoms with Gasteiger partial charge in [-0.1, -0.05) is 74.8 Å². The maximum atomic E-state index is 11.6. The molecule has 0 rings (SSSR count). The Balaban J connectivity index is 3.47. The van der Waals surface area contributed by atoms with Crippen LogP contribution in [0.4, 0.5) is 0 Å². The zero-order valence-electron chi connectivity index (χ0n) is 18.9. The standard InChI is InChI=1S/C25H44O2Si/c1-5-6-7-8-9-10-11-12-13-14-15-16-17-18-19-20-21-22-23-24-25(26)27-28(2,3)4/h9-10,12-13,15-16,18-19H,5-8,11,14,17,20-24H2,1-4H3/b10-9?,13-12?,16-15?,19-18-. The number of hydrogen-bond acceptors (Lipinski definition) is 2. The van der Waals surface area contributed by atoms with Crippen molar-refractivity contribution in [2.75, 3.05) is 0 Å². The van der Waals surface area contributed by atoms with Crippen LogP contribution in [0.1, 0.15) is 84.0 Å². The van der Waals surface area contributed by atoms with Crippen molar-refractivity contribution < 1.29 is 9.22 Å². The molecule has 0 heterocycles. The summed E-state index contributed by atoms with van der Waals surface area (Å²) in [6.45, 7) is 8.39. The zero-order valence-corrected chi connectivity index (χ0v) is 19.9. The Morgan fingerprint density at radius 2 is 1.14 bits per heavy atom. The first-order valence-corrected chi connectivity index (χ1v) is 14.7. The van der Waals surface area contributed by atoms with Crippen molar-refractivity contribution in [1.29, 1.82) is 0 Å². The third-order valence-electron chi connectivity index (χ3n) is 4.13. The lowest BCUT2D eigenvalue weighted by molar-refractivity contribution is -0.135. The summed E-state index contributed by atoms with van der Waals surface area (Å²) >= 11 is 0. The predicted molar refractivity (Wildman–Crippen MR) is 127 cm³/mol. The van der Waals surface area contributed by atoms with Crippen molar-refractivity contribution in [3.63, 3.8) is 0 Å². The van der Waals surface area contributed by atoms with Gasteiger partial charge in [0.2, 0.25) is 8.32 Å². The monoisotopic (exact) mass is 404 g/mol. The lowest BCUT2D eigenvalue weighted by Gasteiger charge is -2.17. The van der Waals surface area contributed by atoms with Crippen LogP contribution in [0.25, 0.3) is 0 Å². The fourth-order valence-corrected chi connectivity index (χ4v) is 3.45. The predicted octanol–water partition coefficient (Wildman–Crippen LogP) is 8.29. The number of hydrogen-bond donors (Lipinski definition) is 0. The average Bonchev–Trinajstić information content (AvgIpc) is 2.62. The molecule has 0 saturated carbocycles. The summed E-state index contributed by atoms with van der Waals surface area (Å²) in [6, 6.07) is 0. The van der Waals surface area contributed by atoms with Gasteiger partial charge in [-0.3, -0.25) is 4.79 Å². The van der Waals surface area contributed by atoms with Crippen LogP contribution in [-0.2, 0) is 9.22 Å². The van der Waals surface area contributed by atoms with E-state index >= 15 is 0 Å². The molecule has 3 heteroatoms. The molecule has 0 unspecified atom stereocenters. The molecule has 0 atom stereocenters. The van der Waals surface area contributed by atoms with E-state index in [9.17, 15) is 4.79 Å². The van der Waals surface area contributed by atoms with Gasteiger partial charge in [0, 0.05) is 6.42 Å². The largest absolute Gasteiger partial charge is 0.520 e. The quantitative estimate of drug-likeness (QED) is 0.138. The molecule has 0 saturated heterocycles. The first-order chi connectivity index (χ1) is 13.5. The summed E-state index contributed by atoms with van der Waals surface area (Å²) in [7, 11) is -1.71. The Hall–Kier alpha value is -1.35. The third kappa shape index (κ3) is 22.7. The number of rotatable bonds is 17. The normalized spacial score (nSPS) is 12.9. The molecule has 0 aliphatic rings. The number of carbonyl (C=O) groups is 1. The maximum Gasteiger partial charge on any atom is 0.292 e. The maximum absolute atomic E-state index is 11.6. The molecule has 0 spiro atoms. The summed E-state index contributed by atoms with van der Waals surface area (Å²) in [5.41, 5.74) is 0. The topological polar surface area (TPSA) is 26.3 Å². The van der Waals surface area contributed by atoms with Crippen LogP contribution in [0.15, 0.2) is 48.6 Å². The van der Waals surface area contributed by atoms with Crippen molar-refractivity contribution in [1.82, 2.24) is 0 Å². The molecular weight excluding hydrogens is 360 g/mol. The molecule has 160 valence electrons. The van der Waals surface area contributed by atoms with Gasteiger partial charge in [0.15, 0.2) is 0 Å². The third-order valence-corrected chi connectivity index (χ3v) is 4.97. The minimum atomic E-state index is -1.71. The van der Waals surface area contributed by atoms with Crippen LogP contribution >= 0.6 is 0 Å². The highest BCUT2D eigenvalue weighted by atomic mass is 28.4. The SMILES string of the molecule is CCCCCC=CCC=CCC=CC/C=C\CCCCCC(=O)O[Si](C)(C)C. The molecule has 28 heavy (non-hydrogen) atoms. The van der Waals surface area contributed by atoms with Gasteiger partial charge in [0.05, 0.1) is 0 Å². The van der Waals surface area contributed by atoms with Gasteiger partial charge in [0.25, 0.3) is 5.97 Å². The Labute approximate surface area is 176 Å². The van der Waals surface area contributed by atoms with E-state index in [0.717, 1.165) is 44.9 Å². The first kappa shape index (κ1) is 26.6. The smallest absolute Gasteiger partial charge is 0.292 e. The summed E-state index contributed by atoms with van der Waals surface area (Å²) in [6.07, 6.45) is 31.1. The van der Waals surface area contributed by atoms with Crippen molar-refractivity contribution in [2.45, 2.75) is 104 Å². The summed E-state index contributed by atoms with van der Waals surface area (Å²) < 4.78 is 5.45. The van der Waals surface area contributed by atoms with Crippen LogP contribution < -0.4 is 0 Å². The van der Waals surface area contributed by atoms with Gasteiger partial charge < -0.3 is 4.43 Å². The second kappa shape index (κ2) is 19.0. The Morgan fingerprint density at radius 3 is 1.61 bits per heavy atom. The highest BCUT2D eigenvalue weighted by molar-refractivity contribution is 6.71.